The lowest BCUT2D eigenvalue weighted by molar-refractivity contribution is 0.660. The molecule has 0 saturated heterocycles. The summed E-state index contributed by atoms with van der Waals surface area (Å²) >= 11 is 1.80. The molecule has 236 valence electrons. The quantitative estimate of drug-likeness (QED) is 0.189. The maximum atomic E-state index is 5.30. The van der Waals surface area contributed by atoms with Crippen molar-refractivity contribution in [1.29, 1.82) is 0 Å². The van der Waals surface area contributed by atoms with Crippen molar-refractivity contribution in [1.82, 2.24) is 15.0 Å². The Morgan fingerprint density at radius 1 is 0.440 bits per heavy atom. The van der Waals surface area contributed by atoms with E-state index in [4.69, 9.17) is 15.0 Å². The van der Waals surface area contributed by atoms with Crippen LogP contribution in [0.15, 0.2) is 152 Å². The number of fused-ring (bicyclic) bond motifs is 7. The van der Waals surface area contributed by atoms with Gasteiger partial charge in [-0.25, -0.2) is 15.0 Å². The molecule has 9 aromatic rings. The van der Waals surface area contributed by atoms with E-state index in [0.29, 0.717) is 17.5 Å². The standard InChI is InChI=1S/C46H31N3S/c1-46(2)38-18-7-5-14-35(38)41-36(16-10-19-39(41)46)44-47-43(30-24-21-29(22-25-30)32-26-23-28-11-3-4-12-31(28)27-32)48-45(49-44)37-17-9-15-34-33-13-6-8-20-40(33)50-42(34)37/h3-27H,1-2H3. The first kappa shape index (κ1) is 29.0. The Morgan fingerprint density at radius 2 is 1.04 bits per heavy atom. The summed E-state index contributed by atoms with van der Waals surface area (Å²) in [6.07, 6.45) is 0. The second-order valence-corrected chi connectivity index (χ2v) is 14.7. The molecule has 0 spiro atoms. The zero-order valence-electron chi connectivity index (χ0n) is 27.7. The van der Waals surface area contributed by atoms with E-state index in [0.717, 1.165) is 22.3 Å². The molecule has 2 aromatic heterocycles. The van der Waals surface area contributed by atoms with Crippen LogP contribution >= 0.6 is 11.3 Å². The normalized spacial score (nSPS) is 13.2. The maximum absolute atomic E-state index is 5.30. The van der Waals surface area contributed by atoms with E-state index < -0.39 is 0 Å². The molecule has 0 amide bonds. The third-order valence-corrected chi connectivity index (χ3v) is 11.6. The summed E-state index contributed by atoms with van der Waals surface area (Å²) in [6.45, 7) is 4.62. The summed E-state index contributed by atoms with van der Waals surface area (Å²) in [6, 6.07) is 54.2. The average molecular weight is 658 g/mol. The highest BCUT2D eigenvalue weighted by Crippen LogP contribution is 2.51. The molecule has 4 heteroatoms. The molecule has 1 aliphatic carbocycles. The predicted molar refractivity (Wildman–Crippen MR) is 210 cm³/mol. The minimum atomic E-state index is -0.123. The number of benzene rings is 7. The first-order valence-corrected chi connectivity index (χ1v) is 17.8. The Balaban J connectivity index is 1.18. The predicted octanol–water partition coefficient (Wildman–Crippen LogP) is 12.4. The van der Waals surface area contributed by atoms with Crippen molar-refractivity contribution in [3.8, 4) is 56.4 Å². The van der Waals surface area contributed by atoms with Crippen LogP contribution in [0.5, 0.6) is 0 Å². The van der Waals surface area contributed by atoms with Gasteiger partial charge >= 0.3 is 0 Å². The molecule has 0 radical (unpaired) electrons. The van der Waals surface area contributed by atoms with Crippen molar-refractivity contribution in [2.45, 2.75) is 19.3 Å². The average Bonchev–Trinajstić information content (AvgIpc) is 3.67. The largest absolute Gasteiger partial charge is 0.208 e. The van der Waals surface area contributed by atoms with Crippen molar-refractivity contribution in [3.05, 3.63) is 163 Å². The van der Waals surface area contributed by atoms with Gasteiger partial charge in [0.25, 0.3) is 0 Å². The van der Waals surface area contributed by atoms with E-state index in [9.17, 15) is 0 Å². The fourth-order valence-corrected chi connectivity index (χ4v) is 9.00. The van der Waals surface area contributed by atoms with Crippen LogP contribution in [0, 0.1) is 0 Å². The van der Waals surface area contributed by atoms with Gasteiger partial charge in [-0.2, -0.15) is 0 Å². The van der Waals surface area contributed by atoms with Crippen LogP contribution in [0.1, 0.15) is 25.0 Å². The van der Waals surface area contributed by atoms with Gasteiger partial charge in [0.2, 0.25) is 0 Å². The lowest BCUT2D eigenvalue weighted by Crippen LogP contribution is -2.14. The number of hydrogen-bond donors (Lipinski definition) is 0. The molecule has 0 fully saturated rings. The van der Waals surface area contributed by atoms with E-state index in [1.165, 1.54) is 58.8 Å². The zero-order valence-corrected chi connectivity index (χ0v) is 28.5. The molecule has 3 nitrogen and oxygen atoms in total. The molecule has 0 aliphatic heterocycles. The molecular weight excluding hydrogens is 627 g/mol. The molecule has 0 N–H and O–H groups in total. The zero-order chi connectivity index (χ0) is 33.4. The van der Waals surface area contributed by atoms with Crippen LogP contribution in [0.3, 0.4) is 0 Å². The molecular formula is C46H31N3S. The van der Waals surface area contributed by atoms with Gasteiger partial charge in [0.15, 0.2) is 17.5 Å². The summed E-state index contributed by atoms with van der Waals surface area (Å²) < 4.78 is 2.45. The third kappa shape index (κ3) is 4.45. The van der Waals surface area contributed by atoms with Gasteiger partial charge in [-0.15, -0.1) is 11.3 Å². The van der Waals surface area contributed by atoms with Crippen LogP contribution in [-0.2, 0) is 5.41 Å². The fourth-order valence-electron chi connectivity index (χ4n) is 7.79. The van der Waals surface area contributed by atoms with Crippen molar-refractivity contribution in [3.63, 3.8) is 0 Å². The molecule has 1 aliphatic rings. The van der Waals surface area contributed by atoms with Crippen molar-refractivity contribution in [2.75, 3.05) is 0 Å². The van der Waals surface area contributed by atoms with Gasteiger partial charge < -0.3 is 0 Å². The summed E-state index contributed by atoms with van der Waals surface area (Å²) in [7, 11) is 0. The van der Waals surface area contributed by atoms with Gasteiger partial charge in [0.05, 0.1) is 0 Å². The molecule has 10 rings (SSSR count). The van der Waals surface area contributed by atoms with Crippen molar-refractivity contribution >= 4 is 42.3 Å². The summed E-state index contributed by atoms with van der Waals surface area (Å²) in [5, 5.41) is 4.96. The van der Waals surface area contributed by atoms with Crippen LogP contribution < -0.4 is 0 Å². The van der Waals surface area contributed by atoms with Crippen LogP contribution in [0.4, 0.5) is 0 Å². The Kier molecular flexibility index (Phi) is 6.39. The lowest BCUT2D eigenvalue weighted by atomic mass is 9.82. The SMILES string of the molecule is CC1(C)c2ccccc2-c2c(-c3nc(-c4ccc(-c5ccc6ccccc6c5)cc4)nc(-c4cccc5c4sc4ccccc45)n3)cccc21. The summed E-state index contributed by atoms with van der Waals surface area (Å²) in [4.78, 5) is 15.8. The summed E-state index contributed by atoms with van der Waals surface area (Å²) in [5.41, 5.74) is 10.3. The van der Waals surface area contributed by atoms with E-state index in [1.54, 1.807) is 11.3 Å². The number of aromatic nitrogens is 3. The highest BCUT2D eigenvalue weighted by Gasteiger charge is 2.37. The molecule has 2 heterocycles. The van der Waals surface area contributed by atoms with E-state index in [2.05, 4.69) is 166 Å². The number of nitrogens with zero attached hydrogens (tertiary/aromatic N) is 3. The number of hydrogen-bond acceptors (Lipinski definition) is 4. The maximum Gasteiger partial charge on any atom is 0.165 e. The van der Waals surface area contributed by atoms with Crippen LogP contribution in [-0.4, -0.2) is 15.0 Å². The minimum absolute atomic E-state index is 0.123. The van der Waals surface area contributed by atoms with Crippen molar-refractivity contribution in [2.24, 2.45) is 0 Å². The highest BCUT2D eigenvalue weighted by atomic mass is 32.1. The van der Waals surface area contributed by atoms with Crippen molar-refractivity contribution < 1.29 is 0 Å². The molecule has 7 aromatic carbocycles. The van der Waals surface area contributed by atoms with Gasteiger partial charge in [-0.05, 0) is 62.4 Å². The second-order valence-electron chi connectivity index (χ2n) is 13.6. The first-order valence-electron chi connectivity index (χ1n) is 17.0. The van der Waals surface area contributed by atoms with Gasteiger partial charge in [0.1, 0.15) is 0 Å². The van der Waals surface area contributed by atoms with Crippen LogP contribution in [0.25, 0.3) is 87.4 Å². The Labute approximate surface area is 294 Å². The van der Waals surface area contributed by atoms with E-state index in [-0.39, 0.29) is 5.41 Å². The Morgan fingerprint density at radius 3 is 1.92 bits per heavy atom. The Bertz CT molecular complexity index is 2790. The fraction of sp³-hybridized carbons (Fsp3) is 0.0652. The third-order valence-electron chi connectivity index (χ3n) is 10.4. The summed E-state index contributed by atoms with van der Waals surface area (Å²) in [5.74, 6) is 2.03. The van der Waals surface area contributed by atoms with Gasteiger partial charge in [0, 0.05) is 42.3 Å². The van der Waals surface area contributed by atoms with E-state index >= 15 is 0 Å². The topological polar surface area (TPSA) is 38.7 Å². The lowest BCUT2D eigenvalue weighted by Gasteiger charge is -2.21. The molecule has 0 atom stereocenters. The molecule has 0 unspecified atom stereocenters. The van der Waals surface area contributed by atoms with E-state index in [1.807, 2.05) is 0 Å². The van der Waals surface area contributed by atoms with Crippen LogP contribution in [0.2, 0.25) is 0 Å². The molecule has 0 saturated carbocycles. The monoisotopic (exact) mass is 657 g/mol. The number of thiophene rings is 1. The Hall–Kier alpha value is -5.97. The first-order chi connectivity index (χ1) is 24.5. The smallest absolute Gasteiger partial charge is 0.165 e. The highest BCUT2D eigenvalue weighted by molar-refractivity contribution is 7.26. The second kappa shape index (κ2) is 11.0. The minimum Gasteiger partial charge on any atom is -0.208 e. The molecule has 50 heavy (non-hydrogen) atoms. The van der Waals surface area contributed by atoms with Gasteiger partial charge in [-0.3, -0.25) is 0 Å². The number of rotatable bonds is 4. The molecule has 0 bridgehead atoms. The van der Waals surface area contributed by atoms with Gasteiger partial charge in [-0.1, -0.05) is 147 Å².